The highest BCUT2D eigenvalue weighted by atomic mass is 19.1. The summed E-state index contributed by atoms with van der Waals surface area (Å²) in [5.74, 6) is -0.490. The molecule has 0 spiro atoms. The Bertz CT molecular complexity index is 348. The number of halogens is 1. The van der Waals surface area contributed by atoms with Gasteiger partial charge in [0.05, 0.1) is 19.9 Å². The average Bonchev–Trinajstić information content (AvgIpc) is 2.15. The molecule has 0 unspecified atom stereocenters. The largest absolute Gasteiger partial charge is 0.493 e. The third-order valence-corrected chi connectivity index (χ3v) is 1.44. The molecule has 0 fully saturated rings. The van der Waals surface area contributed by atoms with Crippen LogP contribution in [0.1, 0.15) is 5.56 Å². The molecule has 13 heavy (non-hydrogen) atoms. The summed E-state index contributed by atoms with van der Waals surface area (Å²) in [5.41, 5.74) is 8.49. The summed E-state index contributed by atoms with van der Waals surface area (Å²) in [7, 11) is 1.35. The molecule has 0 aliphatic rings. The van der Waals surface area contributed by atoms with Gasteiger partial charge < -0.3 is 4.74 Å². The molecule has 0 aliphatic heterocycles. The molecule has 6 heteroatoms. The summed E-state index contributed by atoms with van der Waals surface area (Å²) in [6, 6.07) is 0. The van der Waals surface area contributed by atoms with E-state index in [1.54, 1.807) is 0 Å². The van der Waals surface area contributed by atoms with Crippen molar-refractivity contribution in [3.63, 3.8) is 0 Å². The van der Waals surface area contributed by atoms with E-state index in [0.29, 0.717) is 5.56 Å². The third-order valence-electron chi connectivity index (χ3n) is 1.44. The lowest BCUT2D eigenvalue weighted by Gasteiger charge is -2.05. The zero-order chi connectivity index (χ0) is 9.68. The highest BCUT2D eigenvalue weighted by Gasteiger charge is 2.07. The summed E-state index contributed by atoms with van der Waals surface area (Å²) in [6.07, 6.45) is 2.44. The molecule has 1 rings (SSSR count). The summed E-state index contributed by atoms with van der Waals surface area (Å²) < 4.78 is 17.7. The SMILES string of the molecule is COc1c(F)cncc1CN=[N+]=[N-]. The Morgan fingerprint density at radius 1 is 1.69 bits per heavy atom. The fourth-order valence-corrected chi connectivity index (χ4v) is 0.912. The predicted octanol–water partition coefficient (Wildman–Crippen LogP) is 2.04. The highest BCUT2D eigenvalue weighted by molar-refractivity contribution is 5.31. The van der Waals surface area contributed by atoms with Crippen molar-refractivity contribution in [2.24, 2.45) is 5.11 Å². The Balaban J connectivity index is 3.04. The molecule has 1 aromatic rings. The summed E-state index contributed by atoms with van der Waals surface area (Å²) in [6.45, 7) is 0.0322. The van der Waals surface area contributed by atoms with E-state index in [2.05, 4.69) is 15.0 Å². The van der Waals surface area contributed by atoms with Gasteiger partial charge in [-0.2, -0.15) is 0 Å². The van der Waals surface area contributed by atoms with Crippen molar-refractivity contribution in [1.29, 1.82) is 0 Å². The second-order valence-electron chi connectivity index (χ2n) is 2.20. The standard InChI is InChI=1S/C7H7FN4O/c1-13-7-5(3-11-12-9)2-10-4-6(7)8/h2,4H,3H2,1H3. The zero-order valence-electron chi connectivity index (χ0n) is 6.94. The maximum atomic E-state index is 13.0. The number of rotatable bonds is 3. The number of pyridine rings is 1. The van der Waals surface area contributed by atoms with Gasteiger partial charge in [0.2, 0.25) is 0 Å². The molecule has 68 valence electrons. The quantitative estimate of drug-likeness (QED) is 0.407. The van der Waals surface area contributed by atoms with Crippen LogP contribution in [0.4, 0.5) is 4.39 Å². The number of azide groups is 1. The van der Waals surface area contributed by atoms with Gasteiger partial charge >= 0.3 is 0 Å². The lowest BCUT2D eigenvalue weighted by atomic mass is 10.2. The van der Waals surface area contributed by atoms with Gasteiger partial charge in [-0.05, 0) is 5.53 Å². The molecule has 0 radical (unpaired) electrons. The van der Waals surface area contributed by atoms with Crippen LogP contribution in [0, 0.1) is 5.82 Å². The van der Waals surface area contributed by atoms with Gasteiger partial charge in [-0.15, -0.1) is 0 Å². The first-order chi connectivity index (χ1) is 6.29. The van der Waals surface area contributed by atoms with Gasteiger partial charge in [0, 0.05) is 16.7 Å². The molecule has 0 saturated heterocycles. The van der Waals surface area contributed by atoms with Crippen molar-refractivity contribution in [3.8, 4) is 5.75 Å². The Morgan fingerprint density at radius 2 is 2.46 bits per heavy atom. The van der Waals surface area contributed by atoms with Gasteiger partial charge in [0.15, 0.2) is 11.6 Å². The van der Waals surface area contributed by atoms with Crippen molar-refractivity contribution in [2.45, 2.75) is 6.54 Å². The lowest BCUT2D eigenvalue weighted by Crippen LogP contribution is -1.95. The van der Waals surface area contributed by atoms with E-state index in [9.17, 15) is 4.39 Å². The maximum Gasteiger partial charge on any atom is 0.183 e. The van der Waals surface area contributed by atoms with Crippen LogP contribution in [0.3, 0.4) is 0 Å². The second kappa shape index (κ2) is 4.27. The van der Waals surface area contributed by atoms with Gasteiger partial charge in [-0.25, -0.2) is 4.39 Å². The Labute approximate surface area is 73.8 Å². The minimum atomic E-state index is -0.562. The van der Waals surface area contributed by atoms with E-state index in [-0.39, 0.29) is 12.3 Å². The normalized spacial score (nSPS) is 9.08. The summed E-state index contributed by atoms with van der Waals surface area (Å²) in [5, 5.41) is 3.29. The van der Waals surface area contributed by atoms with Crippen LogP contribution >= 0.6 is 0 Å². The first-order valence-electron chi connectivity index (χ1n) is 3.46. The van der Waals surface area contributed by atoms with Crippen LogP contribution in [0.15, 0.2) is 17.5 Å². The van der Waals surface area contributed by atoms with Crippen molar-refractivity contribution in [2.75, 3.05) is 7.11 Å². The van der Waals surface area contributed by atoms with Crippen molar-refractivity contribution in [3.05, 3.63) is 34.2 Å². The molecule has 0 amide bonds. The van der Waals surface area contributed by atoms with Crippen LogP contribution in [0.5, 0.6) is 5.75 Å². The minimum Gasteiger partial charge on any atom is -0.493 e. The van der Waals surface area contributed by atoms with Gasteiger partial charge in [0.1, 0.15) is 0 Å². The predicted molar refractivity (Wildman–Crippen MR) is 43.6 cm³/mol. The maximum absolute atomic E-state index is 13.0. The molecule has 1 heterocycles. The van der Waals surface area contributed by atoms with Crippen LogP contribution in [-0.2, 0) is 6.54 Å². The molecule has 0 saturated carbocycles. The number of hydrogen-bond donors (Lipinski definition) is 0. The van der Waals surface area contributed by atoms with Gasteiger partial charge in [0.25, 0.3) is 0 Å². The van der Waals surface area contributed by atoms with E-state index >= 15 is 0 Å². The summed E-state index contributed by atoms with van der Waals surface area (Å²) in [4.78, 5) is 6.16. The highest BCUT2D eigenvalue weighted by Crippen LogP contribution is 2.21. The number of methoxy groups -OCH3 is 1. The molecule has 0 bridgehead atoms. The molecule has 0 aliphatic carbocycles. The Morgan fingerprint density at radius 3 is 3.08 bits per heavy atom. The van der Waals surface area contributed by atoms with Crippen molar-refractivity contribution in [1.82, 2.24) is 4.98 Å². The fraction of sp³-hybridized carbons (Fsp3) is 0.286. The van der Waals surface area contributed by atoms with Crippen LogP contribution < -0.4 is 4.74 Å². The second-order valence-corrected chi connectivity index (χ2v) is 2.20. The molecule has 0 N–H and O–H groups in total. The summed E-state index contributed by atoms with van der Waals surface area (Å²) >= 11 is 0. The molecule has 5 nitrogen and oxygen atoms in total. The van der Waals surface area contributed by atoms with E-state index in [1.807, 2.05) is 0 Å². The smallest absolute Gasteiger partial charge is 0.183 e. The van der Waals surface area contributed by atoms with Crippen LogP contribution in [0.2, 0.25) is 0 Å². The molecule has 1 aromatic heterocycles. The van der Waals surface area contributed by atoms with E-state index in [0.717, 1.165) is 6.20 Å². The number of aromatic nitrogens is 1. The van der Waals surface area contributed by atoms with Crippen LogP contribution in [0.25, 0.3) is 10.4 Å². The topological polar surface area (TPSA) is 70.9 Å². The van der Waals surface area contributed by atoms with Crippen molar-refractivity contribution >= 4 is 0 Å². The zero-order valence-corrected chi connectivity index (χ0v) is 6.94. The number of ether oxygens (including phenoxy) is 1. The van der Waals surface area contributed by atoms with E-state index in [1.165, 1.54) is 13.3 Å². The molecular formula is C7H7FN4O. The molecule has 0 aromatic carbocycles. The van der Waals surface area contributed by atoms with Crippen molar-refractivity contribution < 1.29 is 9.13 Å². The Kier molecular flexibility index (Phi) is 3.05. The first-order valence-corrected chi connectivity index (χ1v) is 3.46. The number of nitrogens with zero attached hydrogens (tertiary/aromatic N) is 4. The number of hydrogen-bond acceptors (Lipinski definition) is 3. The van der Waals surface area contributed by atoms with Gasteiger partial charge in [-0.3, -0.25) is 4.98 Å². The monoisotopic (exact) mass is 182 g/mol. The van der Waals surface area contributed by atoms with E-state index < -0.39 is 5.82 Å². The lowest BCUT2D eigenvalue weighted by molar-refractivity contribution is 0.380. The van der Waals surface area contributed by atoms with Crippen LogP contribution in [-0.4, -0.2) is 12.1 Å². The Hall–Kier alpha value is -1.81. The molecular weight excluding hydrogens is 175 g/mol. The first kappa shape index (κ1) is 9.28. The van der Waals surface area contributed by atoms with E-state index in [4.69, 9.17) is 10.3 Å². The van der Waals surface area contributed by atoms with Gasteiger partial charge in [-0.1, -0.05) is 5.11 Å². The average molecular weight is 182 g/mol. The minimum absolute atomic E-state index is 0.0322. The third kappa shape index (κ3) is 2.07. The fourth-order valence-electron chi connectivity index (χ4n) is 0.912. The molecule has 0 atom stereocenters.